The normalized spacial score (nSPS) is 10.5. The third-order valence-electron chi connectivity index (χ3n) is 3.73. The third-order valence-corrected chi connectivity index (χ3v) is 3.73. The molecular weight excluding hydrogens is 272 g/mol. The van der Waals surface area contributed by atoms with Gasteiger partial charge in [-0.2, -0.15) is 0 Å². The summed E-state index contributed by atoms with van der Waals surface area (Å²) in [5.74, 6) is 1.74. The first-order valence-electron chi connectivity index (χ1n) is 8.13. The molecular formula is C20H24O2. The van der Waals surface area contributed by atoms with Crippen LogP contribution in [0.15, 0.2) is 48.5 Å². The fourth-order valence-electron chi connectivity index (χ4n) is 2.35. The van der Waals surface area contributed by atoms with E-state index in [0.717, 1.165) is 23.5 Å². The molecule has 116 valence electrons. The number of ketones is 1. The van der Waals surface area contributed by atoms with Gasteiger partial charge in [0.1, 0.15) is 11.5 Å². The summed E-state index contributed by atoms with van der Waals surface area (Å²) in [6.45, 7) is 4.09. The smallest absolute Gasteiger partial charge is 0.162 e. The van der Waals surface area contributed by atoms with E-state index in [1.165, 1.54) is 24.8 Å². The molecule has 0 amide bonds. The number of benzene rings is 2. The van der Waals surface area contributed by atoms with E-state index in [2.05, 4.69) is 19.1 Å². The van der Waals surface area contributed by atoms with Gasteiger partial charge in [0.15, 0.2) is 5.78 Å². The predicted octanol–water partition coefficient (Wildman–Crippen LogP) is 5.80. The molecule has 0 unspecified atom stereocenters. The van der Waals surface area contributed by atoms with Crippen molar-refractivity contribution in [2.75, 3.05) is 0 Å². The van der Waals surface area contributed by atoms with E-state index in [0.29, 0.717) is 6.42 Å². The number of aryl methyl sites for hydroxylation is 1. The molecule has 0 N–H and O–H groups in total. The van der Waals surface area contributed by atoms with Crippen molar-refractivity contribution in [2.24, 2.45) is 0 Å². The molecule has 22 heavy (non-hydrogen) atoms. The Morgan fingerprint density at radius 3 is 2.00 bits per heavy atom. The summed E-state index contributed by atoms with van der Waals surface area (Å²) in [5, 5.41) is 0. The lowest BCUT2D eigenvalue weighted by Crippen LogP contribution is -1.95. The molecule has 0 saturated heterocycles. The van der Waals surface area contributed by atoms with Crippen molar-refractivity contribution in [1.29, 1.82) is 0 Å². The Morgan fingerprint density at radius 2 is 1.45 bits per heavy atom. The second-order valence-corrected chi connectivity index (χ2v) is 5.50. The van der Waals surface area contributed by atoms with E-state index < -0.39 is 0 Å². The van der Waals surface area contributed by atoms with Crippen molar-refractivity contribution < 1.29 is 9.53 Å². The van der Waals surface area contributed by atoms with Crippen LogP contribution in [0, 0.1) is 0 Å². The molecule has 2 aromatic rings. The molecule has 2 aromatic carbocycles. The summed E-state index contributed by atoms with van der Waals surface area (Å²) in [5.41, 5.74) is 2.09. The number of Topliss-reactive ketones (excluding diaryl/α,β-unsaturated/α-hetero) is 1. The molecule has 0 bridgehead atoms. The van der Waals surface area contributed by atoms with Gasteiger partial charge in [-0.3, -0.25) is 4.79 Å². The summed E-state index contributed by atoms with van der Waals surface area (Å²) in [4.78, 5) is 11.6. The van der Waals surface area contributed by atoms with Crippen molar-refractivity contribution in [3.8, 4) is 11.5 Å². The number of ether oxygens (including phenoxy) is 1. The zero-order valence-electron chi connectivity index (χ0n) is 13.5. The topological polar surface area (TPSA) is 26.3 Å². The van der Waals surface area contributed by atoms with Crippen LogP contribution in [0.2, 0.25) is 0 Å². The Morgan fingerprint density at radius 1 is 0.864 bits per heavy atom. The van der Waals surface area contributed by atoms with Gasteiger partial charge in [0.25, 0.3) is 0 Å². The zero-order chi connectivity index (χ0) is 15.8. The van der Waals surface area contributed by atoms with Crippen LogP contribution in [0.4, 0.5) is 0 Å². The lowest BCUT2D eigenvalue weighted by atomic mass is 10.1. The van der Waals surface area contributed by atoms with Crippen molar-refractivity contribution in [1.82, 2.24) is 0 Å². The SMILES string of the molecule is CCCCCc1ccc(Oc2ccc(C(=O)CC)cc2)cc1. The summed E-state index contributed by atoms with van der Waals surface area (Å²) >= 11 is 0. The van der Waals surface area contributed by atoms with Crippen LogP contribution in [-0.4, -0.2) is 5.78 Å². The maximum atomic E-state index is 11.6. The highest BCUT2D eigenvalue weighted by Gasteiger charge is 2.03. The molecule has 2 rings (SSSR count). The Balaban J connectivity index is 1.94. The van der Waals surface area contributed by atoms with Crippen LogP contribution in [0.25, 0.3) is 0 Å². The number of hydrogen-bond acceptors (Lipinski definition) is 2. The summed E-state index contributed by atoms with van der Waals surface area (Å²) in [6.07, 6.45) is 5.42. The molecule has 0 radical (unpaired) electrons. The number of carbonyl (C=O) groups is 1. The Kier molecular flexibility index (Phi) is 6.20. The van der Waals surface area contributed by atoms with Crippen LogP contribution in [-0.2, 0) is 6.42 Å². The molecule has 0 saturated carbocycles. The van der Waals surface area contributed by atoms with Gasteiger partial charge >= 0.3 is 0 Å². The molecule has 0 aliphatic heterocycles. The largest absolute Gasteiger partial charge is 0.457 e. The molecule has 0 aliphatic rings. The van der Waals surface area contributed by atoms with Crippen molar-refractivity contribution >= 4 is 5.78 Å². The first-order chi connectivity index (χ1) is 10.7. The van der Waals surface area contributed by atoms with Gasteiger partial charge in [-0.15, -0.1) is 0 Å². The van der Waals surface area contributed by atoms with Crippen LogP contribution in [0.3, 0.4) is 0 Å². The van der Waals surface area contributed by atoms with E-state index in [4.69, 9.17) is 4.74 Å². The Bertz CT molecular complexity index is 582. The van der Waals surface area contributed by atoms with Gasteiger partial charge < -0.3 is 4.74 Å². The minimum Gasteiger partial charge on any atom is -0.457 e. The van der Waals surface area contributed by atoms with Gasteiger partial charge in [0.2, 0.25) is 0 Å². The number of unbranched alkanes of at least 4 members (excludes halogenated alkanes) is 2. The maximum Gasteiger partial charge on any atom is 0.162 e. The number of rotatable bonds is 8. The Labute approximate surface area is 133 Å². The summed E-state index contributed by atoms with van der Waals surface area (Å²) in [6, 6.07) is 15.6. The molecule has 0 aliphatic carbocycles. The lowest BCUT2D eigenvalue weighted by Gasteiger charge is -2.07. The molecule has 0 heterocycles. The average molecular weight is 296 g/mol. The fourth-order valence-corrected chi connectivity index (χ4v) is 2.35. The first kappa shape index (κ1) is 16.3. The van der Waals surface area contributed by atoms with Crippen LogP contribution >= 0.6 is 0 Å². The second kappa shape index (κ2) is 8.38. The Hall–Kier alpha value is -2.09. The molecule has 0 atom stereocenters. The van der Waals surface area contributed by atoms with Gasteiger partial charge in [0.05, 0.1) is 0 Å². The van der Waals surface area contributed by atoms with Gasteiger partial charge in [-0.25, -0.2) is 0 Å². The van der Waals surface area contributed by atoms with Gasteiger partial charge in [-0.05, 0) is 54.8 Å². The van der Waals surface area contributed by atoms with Crippen molar-refractivity contribution in [2.45, 2.75) is 46.0 Å². The standard InChI is InChI=1S/C20H24O2/c1-3-5-6-7-16-8-12-18(13-9-16)22-19-14-10-17(11-15-19)20(21)4-2/h8-15H,3-7H2,1-2H3. The van der Waals surface area contributed by atoms with E-state index in [1.54, 1.807) is 0 Å². The van der Waals surface area contributed by atoms with Crippen LogP contribution in [0.1, 0.15) is 55.5 Å². The summed E-state index contributed by atoms with van der Waals surface area (Å²) < 4.78 is 5.82. The monoisotopic (exact) mass is 296 g/mol. The van der Waals surface area contributed by atoms with E-state index in [1.807, 2.05) is 43.3 Å². The quantitative estimate of drug-likeness (QED) is 0.454. The van der Waals surface area contributed by atoms with E-state index >= 15 is 0 Å². The highest BCUT2D eigenvalue weighted by atomic mass is 16.5. The highest BCUT2D eigenvalue weighted by molar-refractivity contribution is 5.95. The predicted molar refractivity (Wildman–Crippen MR) is 90.8 cm³/mol. The highest BCUT2D eigenvalue weighted by Crippen LogP contribution is 2.23. The third kappa shape index (κ3) is 4.73. The second-order valence-electron chi connectivity index (χ2n) is 5.50. The molecule has 0 aromatic heterocycles. The fraction of sp³-hybridized carbons (Fsp3) is 0.350. The van der Waals surface area contributed by atoms with Crippen LogP contribution in [0.5, 0.6) is 11.5 Å². The molecule has 2 heteroatoms. The average Bonchev–Trinajstić information content (AvgIpc) is 2.57. The number of hydrogen-bond donors (Lipinski definition) is 0. The van der Waals surface area contributed by atoms with Gasteiger partial charge in [0, 0.05) is 12.0 Å². The van der Waals surface area contributed by atoms with Crippen LogP contribution < -0.4 is 4.74 Å². The van der Waals surface area contributed by atoms with Crippen molar-refractivity contribution in [3.05, 3.63) is 59.7 Å². The van der Waals surface area contributed by atoms with Gasteiger partial charge in [-0.1, -0.05) is 38.8 Å². The van der Waals surface area contributed by atoms with E-state index in [-0.39, 0.29) is 5.78 Å². The minimum absolute atomic E-state index is 0.156. The maximum absolute atomic E-state index is 11.6. The first-order valence-corrected chi connectivity index (χ1v) is 8.13. The minimum atomic E-state index is 0.156. The summed E-state index contributed by atoms with van der Waals surface area (Å²) in [7, 11) is 0. The number of carbonyl (C=O) groups excluding carboxylic acids is 1. The molecule has 0 fully saturated rings. The van der Waals surface area contributed by atoms with Crippen molar-refractivity contribution in [3.63, 3.8) is 0 Å². The van der Waals surface area contributed by atoms with E-state index in [9.17, 15) is 4.79 Å². The molecule has 0 spiro atoms. The molecule has 2 nitrogen and oxygen atoms in total. The zero-order valence-corrected chi connectivity index (χ0v) is 13.5. The lowest BCUT2D eigenvalue weighted by molar-refractivity contribution is 0.0988.